The third-order valence-corrected chi connectivity index (χ3v) is 5.01. The molecule has 2 nitrogen and oxygen atoms in total. The minimum absolute atomic E-state index is 0.140. The van der Waals surface area contributed by atoms with Crippen LogP contribution in [0.4, 0.5) is 0 Å². The molecule has 0 aliphatic heterocycles. The summed E-state index contributed by atoms with van der Waals surface area (Å²) in [6.45, 7) is 0. The fourth-order valence-corrected chi connectivity index (χ4v) is 3.36. The Hall–Kier alpha value is -3.52. The Bertz CT molecular complexity index is 1020. The summed E-state index contributed by atoms with van der Waals surface area (Å²) in [7, 11) is 0. The SMILES string of the molecule is C(=Cc1ccncc1)C1=CCC(C=Cc2ccncc2)(c2ccccc2)C=C1. The van der Waals surface area contributed by atoms with Crippen LogP contribution < -0.4 is 0 Å². The molecule has 4 rings (SSSR count). The van der Waals surface area contributed by atoms with Crippen molar-refractivity contribution in [3.63, 3.8) is 0 Å². The Morgan fingerprint density at radius 1 is 0.714 bits per heavy atom. The molecule has 0 saturated heterocycles. The van der Waals surface area contributed by atoms with E-state index in [4.69, 9.17) is 0 Å². The van der Waals surface area contributed by atoms with Gasteiger partial charge in [0.05, 0.1) is 0 Å². The summed E-state index contributed by atoms with van der Waals surface area (Å²) in [6, 6.07) is 18.8. The van der Waals surface area contributed by atoms with Crippen molar-refractivity contribution in [2.75, 3.05) is 0 Å². The van der Waals surface area contributed by atoms with Gasteiger partial charge in [0, 0.05) is 30.2 Å². The maximum Gasteiger partial charge on any atom is 0.0353 e. The predicted molar refractivity (Wildman–Crippen MR) is 117 cm³/mol. The van der Waals surface area contributed by atoms with Crippen LogP contribution in [-0.4, -0.2) is 9.97 Å². The number of nitrogens with zero attached hydrogens (tertiary/aromatic N) is 2. The summed E-state index contributed by atoms with van der Waals surface area (Å²) < 4.78 is 0. The molecule has 0 radical (unpaired) electrons. The van der Waals surface area contributed by atoms with Gasteiger partial charge in [-0.2, -0.15) is 0 Å². The average Bonchev–Trinajstić information content (AvgIpc) is 2.79. The van der Waals surface area contributed by atoms with Crippen molar-refractivity contribution in [3.8, 4) is 0 Å². The Morgan fingerprint density at radius 2 is 1.36 bits per heavy atom. The van der Waals surface area contributed by atoms with Gasteiger partial charge in [-0.25, -0.2) is 0 Å². The maximum absolute atomic E-state index is 4.10. The van der Waals surface area contributed by atoms with Crippen LogP contribution in [0.1, 0.15) is 23.1 Å². The fourth-order valence-electron chi connectivity index (χ4n) is 3.36. The monoisotopic (exact) mass is 362 g/mol. The average molecular weight is 362 g/mol. The lowest BCUT2D eigenvalue weighted by atomic mass is 9.74. The second-order valence-corrected chi connectivity index (χ2v) is 6.88. The minimum Gasteiger partial charge on any atom is -0.265 e. The highest BCUT2D eigenvalue weighted by molar-refractivity contribution is 5.58. The summed E-state index contributed by atoms with van der Waals surface area (Å²) in [5.41, 5.74) is 4.69. The van der Waals surface area contributed by atoms with Gasteiger partial charge in [0.25, 0.3) is 0 Å². The normalized spacial score (nSPS) is 19.2. The van der Waals surface area contributed by atoms with Crippen LogP contribution in [0.2, 0.25) is 0 Å². The molecule has 0 amide bonds. The van der Waals surface area contributed by atoms with E-state index >= 15 is 0 Å². The molecule has 0 spiro atoms. The molecule has 2 heterocycles. The molecule has 28 heavy (non-hydrogen) atoms. The fraction of sp³-hybridized carbons (Fsp3) is 0.0769. The first-order valence-electron chi connectivity index (χ1n) is 9.46. The van der Waals surface area contributed by atoms with E-state index in [0.29, 0.717) is 0 Å². The second kappa shape index (κ2) is 8.45. The van der Waals surface area contributed by atoms with Crippen LogP contribution in [0.15, 0.2) is 115 Å². The molecule has 1 atom stereocenters. The van der Waals surface area contributed by atoms with E-state index in [9.17, 15) is 0 Å². The second-order valence-electron chi connectivity index (χ2n) is 6.88. The van der Waals surface area contributed by atoms with E-state index < -0.39 is 0 Å². The third kappa shape index (κ3) is 4.24. The van der Waals surface area contributed by atoms with Crippen LogP contribution in [0, 0.1) is 0 Å². The highest BCUT2D eigenvalue weighted by Gasteiger charge is 2.27. The summed E-state index contributed by atoms with van der Waals surface area (Å²) in [6.07, 6.45) is 23.8. The van der Waals surface area contributed by atoms with E-state index in [0.717, 1.165) is 17.5 Å². The van der Waals surface area contributed by atoms with Crippen molar-refractivity contribution >= 4 is 12.2 Å². The molecule has 0 bridgehead atoms. The molecule has 0 fully saturated rings. The zero-order chi connectivity index (χ0) is 19.1. The Labute approximate surface area is 166 Å². The van der Waals surface area contributed by atoms with E-state index in [1.807, 2.05) is 49.1 Å². The number of allylic oxidation sites excluding steroid dienone is 6. The van der Waals surface area contributed by atoms with Gasteiger partial charge in [0.15, 0.2) is 0 Å². The van der Waals surface area contributed by atoms with Crippen LogP contribution in [0.25, 0.3) is 12.2 Å². The molecule has 1 aliphatic rings. The van der Waals surface area contributed by atoms with Crippen molar-refractivity contribution < 1.29 is 0 Å². The smallest absolute Gasteiger partial charge is 0.0353 e. The third-order valence-electron chi connectivity index (χ3n) is 5.01. The lowest BCUT2D eigenvalue weighted by molar-refractivity contribution is 0.675. The van der Waals surface area contributed by atoms with Crippen molar-refractivity contribution in [1.29, 1.82) is 0 Å². The molecule has 1 unspecified atom stereocenters. The van der Waals surface area contributed by atoms with Crippen LogP contribution in [0.3, 0.4) is 0 Å². The van der Waals surface area contributed by atoms with Gasteiger partial charge < -0.3 is 0 Å². The molecular formula is C26H22N2. The molecule has 1 aliphatic carbocycles. The van der Waals surface area contributed by atoms with Gasteiger partial charge in [-0.1, -0.05) is 72.9 Å². The minimum atomic E-state index is -0.140. The van der Waals surface area contributed by atoms with Crippen molar-refractivity contribution in [1.82, 2.24) is 9.97 Å². The number of hydrogen-bond acceptors (Lipinski definition) is 2. The first kappa shape index (κ1) is 17.9. The zero-order valence-corrected chi connectivity index (χ0v) is 15.6. The Morgan fingerprint density at radius 3 is 1.96 bits per heavy atom. The zero-order valence-electron chi connectivity index (χ0n) is 15.6. The van der Waals surface area contributed by atoms with Gasteiger partial charge in [-0.15, -0.1) is 0 Å². The van der Waals surface area contributed by atoms with Gasteiger partial charge in [0.1, 0.15) is 0 Å². The van der Waals surface area contributed by atoms with Crippen molar-refractivity contribution in [2.45, 2.75) is 11.8 Å². The molecular weight excluding hydrogens is 340 g/mol. The van der Waals surface area contributed by atoms with E-state index in [1.165, 1.54) is 11.1 Å². The van der Waals surface area contributed by atoms with Gasteiger partial charge in [-0.05, 0) is 52.9 Å². The van der Waals surface area contributed by atoms with Gasteiger partial charge in [-0.3, -0.25) is 9.97 Å². The predicted octanol–water partition coefficient (Wildman–Crippen LogP) is 6.03. The Balaban J connectivity index is 1.60. The van der Waals surface area contributed by atoms with Crippen LogP contribution in [-0.2, 0) is 5.41 Å². The molecule has 2 heteroatoms. The lowest BCUT2D eigenvalue weighted by Crippen LogP contribution is -2.21. The standard InChI is InChI=1S/C26H22N2/c1-2-4-25(5-3-1)26(17-10-24-13-20-28-21-14-24)15-8-22(9-16-26)6-7-23-11-18-27-19-12-23/h1-15,17-21H,16H2. The van der Waals surface area contributed by atoms with Gasteiger partial charge >= 0.3 is 0 Å². The number of aromatic nitrogens is 2. The first-order valence-corrected chi connectivity index (χ1v) is 9.46. The number of hydrogen-bond donors (Lipinski definition) is 0. The van der Waals surface area contributed by atoms with Crippen LogP contribution in [0.5, 0.6) is 0 Å². The summed E-state index contributed by atoms with van der Waals surface area (Å²) >= 11 is 0. The highest BCUT2D eigenvalue weighted by atomic mass is 14.6. The number of pyridine rings is 2. The summed E-state index contributed by atoms with van der Waals surface area (Å²) in [4.78, 5) is 8.17. The summed E-state index contributed by atoms with van der Waals surface area (Å²) in [5.74, 6) is 0. The summed E-state index contributed by atoms with van der Waals surface area (Å²) in [5, 5.41) is 0. The quantitative estimate of drug-likeness (QED) is 0.554. The first-order chi connectivity index (χ1) is 13.8. The maximum atomic E-state index is 4.10. The topological polar surface area (TPSA) is 25.8 Å². The molecule has 2 aromatic heterocycles. The lowest BCUT2D eigenvalue weighted by Gasteiger charge is -2.30. The Kier molecular flexibility index (Phi) is 5.39. The van der Waals surface area contributed by atoms with E-state index in [2.05, 4.69) is 82.8 Å². The van der Waals surface area contributed by atoms with E-state index in [1.54, 1.807) is 0 Å². The van der Waals surface area contributed by atoms with E-state index in [-0.39, 0.29) is 5.41 Å². The van der Waals surface area contributed by atoms with Gasteiger partial charge in [0.2, 0.25) is 0 Å². The number of rotatable bonds is 5. The molecule has 3 aromatic rings. The molecule has 0 N–H and O–H groups in total. The molecule has 136 valence electrons. The van der Waals surface area contributed by atoms with Crippen molar-refractivity contribution in [2.24, 2.45) is 0 Å². The van der Waals surface area contributed by atoms with Crippen molar-refractivity contribution in [3.05, 3.63) is 132 Å². The van der Waals surface area contributed by atoms with Crippen LogP contribution >= 0.6 is 0 Å². The highest BCUT2D eigenvalue weighted by Crippen LogP contribution is 2.36. The largest absolute Gasteiger partial charge is 0.265 e. The molecule has 1 aromatic carbocycles. The molecule has 0 saturated carbocycles. The number of benzene rings is 1.